The molecule has 0 aliphatic heterocycles. The molecule has 3 nitrogen and oxygen atoms in total. The molecule has 1 aromatic heterocycles. The zero-order valence-electron chi connectivity index (χ0n) is 8.73. The number of benzene rings is 1. The van der Waals surface area contributed by atoms with E-state index < -0.39 is 0 Å². The number of amides is 1. The molecule has 0 radical (unpaired) electrons. The lowest BCUT2D eigenvalue weighted by atomic mass is 10.2. The van der Waals surface area contributed by atoms with Crippen molar-refractivity contribution in [2.24, 2.45) is 0 Å². The van der Waals surface area contributed by atoms with Gasteiger partial charge in [-0.2, -0.15) is 0 Å². The van der Waals surface area contributed by atoms with Crippen molar-refractivity contribution in [1.29, 1.82) is 0 Å². The van der Waals surface area contributed by atoms with Crippen LogP contribution in [0.2, 0.25) is 0 Å². The third-order valence-corrected chi connectivity index (χ3v) is 3.02. The van der Waals surface area contributed by atoms with Gasteiger partial charge in [-0.1, -0.05) is 12.1 Å². The van der Waals surface area contributed by atoms with Crippen LogP contribution in [-0.2, 0) is 0 Å². The van der Waals surface area contributed by atoms with Crippen LogP contribution in [0.3, 0.4) is 0 Å². The maximum atomic E-state index is 11.7. The maximum absolute atomic E-state index is 11.7. The van der Waals surface area contributed by atoms with Gasteiger partial charge >= 0.3 is 0 Å². The Labute approximate surface area is 97.4 Å². The zero-order chi connectivity index (χ0) is 11.5. The Hall–Kier alpha value is -1.81. The molecule has 16 heavy (non-hydrogen) atoms. The van der Waals surface area contributed by atoms with Gasteiger partial charge in [-0.15, -0.1) is 11.3 Å². The lowest BCUT2D eigenvalue weighted by Crippen LogP contribution is -2.10. The Morgan fingerprint density at radius 2 is 2.19 bits per heavy atom. The molecule has 1 heterocycles. The van der Waals surface area contributed by atoms with Gasteiger partial charge in [0.2, 0.25) is 0 Å². The molecule has 4 heteroatoms. The summed E-state index contributed by atoms with van der Waals surface area (Å²) in [7, 11) is 0. The summed E-state index contributed by atoms with van der Waals surface area (Å²) in [6.45, 7) is 1.88. The molecule has 0 fully saturated rings. The number of phenols is 1. The first-order chi connectivity index (χ1) is 7.66. The van der Waals surface area contributed by atoms with Gasteiger partial charge in [-0.25, -0.2) is 0 Å². The molecular weight excluding hydrogens is 222 g/mol. The highest BCUT2D eigenvalue weighted by Crippen LogP contribution is 2.24. The highest BCUT2D eigenvalue weighted by Gasteiger charge is 2.09. The predicted molar refractivity (Wildman–Crippen MR) is 65.1 cm³/mol. The second-order valence-electron chi connectivity index (χ2n) is 3.45. The predicted octanol–water partition coefficient (Wildman–Crippen LogP) is 3.01. The standard InChI is InChI=1S/C12H11NO2S/c1-8-4-5-9(10(14)7-8)13-12(15)11-3-2-6-16-11/h2-7,14H,1H3,(H,13,15). The molecule has 0 saturated heterocycles. The quantitative estimate of drug-likeness (QED) is 0.783. The first-order valence-corrected chi connectivity index (χ1v) is 5.69. The molecule has 2 N–H and O–H groups in total. The number of carbonyl (C=O) groups excluding carboxylic acids is 1. The number of anilines is 1. The summed E-state index contributed by atoms with van der Waals surface area (Å²) >= 11 is 1.37. The SMILES string of the molecule is Cc1ccc(NC(=O)c2cccs2)c(O)c1. The van der Waals surface area contributed by atoms with Crippen LogP contribution in [0, 0.1) is 6.92 Å². The summed E-state index contributed by atoms with van der Waals surface area (Å²) in [6.07, 6.45) is 0. The maximum Gasteiger partial charge on any atom is 0.265 e. The summed E-state index contributed by atoms with van der Waals surface area (Å²) in [5.74, 6) is -0.112. The van der Waals surface area contributed by atoms with Gasteiger partial charge in [0.25, 0.3) is 5.91 Å². The van der Waals surface area contributed by atoms with E-state index in [1.54, 1.807) is 18.2 Å². The molecule has 2 aromatic rings. The molecule has 1 aromatic carbocycles. The third-order valence-electron chi connectivity index (χ3n) is 2.15. The summed E-state index contributed by atoms with van der Waals surface area (Å²) in [5, 5.41) is 14.1. The monoisotopic (exact) mass is 233 g/mol. The van der Waals surface area contributed by atoms with E-state index in [9.17, 15) is 9.90 Å². The van der Waals surface area contributed by atoms with Crippen LogP contribution < -0.4 is 5.32 Å². The lowest BCUT2D eigenvalue weighted by Gasteiger charge is -2.06. The molecule has 0 saturated carbocycles. The van der Waals surface area contributed by atoms with Crippen molar-refractivity contribution in [3.05, 3.63) is 46.2 Å². The first kappa shape index (κ1) is 10.7. The molecule has 2 rings (SSSR count). The van der Waals surface area contributed by atoms with Crippen LogP contribution in [-0.4, -0.2) is 11.0 Å². The average molecular weight is 233 g/mol. The fourth-order valence-electron chi connectivity index (χ4n) is 1.34. The van der Waals surface area contributed by atoms with E-state index in [0.29, 0.717) is 10.6 Å². The van der Waals surface area contributed by atoms with Crippen molar-refractivity contribution in [2.75, 3.05) is 5.32 Å². The summed E-state index contributed by atoms with van der Waals surface area (Å²) in [6, 6.07) is 8.70. The molecule has 0 unspecified atom stereocenters. The van der Waals surface area contributed by atoms with E-state index in [0.717, 1.165) is 5.56 Å². The van der Waals surface area contributed by atoms with E-state index in [-0.39, 0.29) is 11.7 Å². The minimum atomic E-state index is -0.200. The fourth-order valence-corrected chi connectivity index (χ4v) is 1.96. The summed E-state index contributed by atoms with van der Waals surface area (Å²) in [5.41, 5.74) is 1.38. The topological polar surface area (TPSA) is 49.3 Å². The van der Waals surface area contributed by atoms with Gasteiger partial charge in [-0.05, 0) is 36.1 Å². The van der Waals surface area contributed by atoms with Crippen molar-refractivity contribution in [1.82, 2.24) is 0 Å². The Morgan fingerprint density at radius 1 is 1.38 bits per heavy atom. The summed E-state index contributed by atoms with van der Waals surface area (Å²) < 4.78 is 0. The molecule has 1 amide bonds. The number of hydrogen-bond donors (Lipinski definition) is 2. The van der Waals surface area contributed by atoms with Crippen molar-refractivity contribution < 1.29 is 9.90 Å². The Balaban J connectivity index is 2.18. The van der Waals surface area contributed by atoms with Crippen molar-refractivity contribution in [3.63, 3.8) is 0 Å². The number of thiophene rings is 1. The molecule has 0 aliphatic carbocycles. The molecule has 0 bridgehead atoms. The average Bonchev–Trinajstić information content (AvgIpc) is 2.75. The highest BCUT2D eigenvalue weighted by atomic mass is 32.1. The van der Waals surface area contributed by atoms with Crippen LogP contribution in [0.15, 0.2) is 35.7 Å². The number of nitrogens with one attached hydrogen (secondary N) is 1. The molecule has 82 valence electrons. The lowest BCUT2D eigenvalue weighted by molar-refractivity contribution is 0.103. The number of hydrogen-bond acceptors (Lipinski definition) is 3. The highest BCUT2D eigenvalue weighted by molar-refractivity contribution is 7.12. The van der Waals surface area contributed by atoms with Gasteiger partial charge < -0.3 is 10.4 Å². The van der Waals surface area contributed by atoms with Crippen LogP contribution in [0.25, 0.3) is 0 Å². The van der Waals surface area contributed by atoms with Gasteiger partial charge in [0.1, 0.15) is 5.75 Å². The van der Waals surface area contributed by atoms with Gasteiger partial charge in [0.15, 0.2) is 0 Å². The Kier molecular flexibility index (Phi) is 2.92. The third kappa shape index (κ3) is 2.23. The molecule has 0 spiro atoms. The van der Waals surface area contributed by atoms with Crippen molar-refractivity contribution >= 4 is 22.9 Å². The minimum absolute atomic E-state index is 0.0879. The molecule has 0 atom stereocenters. The number of aryl methyl sites for hydroxylation is 1. The van der Waals surface area contributed by atoms with Crippen LogP contribution in [0.1, 0.15) is 15.2 Å². The van der Waals surface area contributed by atoms with Gasteiger partial charge in [0, 0.05) is 0 Å². The summed E-state index contributed by atoms with van der Waals surface area (Å²) in [4.78, 5) is 12.3. The number of phenolic OH excluding ortho intramolecular Hbond substituents is 1. The Morgan fingerprint density at radius 3 is 2.81 bits per heavy atom. The van der Waals surface area contributed by atoms with E-state index >= 15 is 0 Å². The van der Waals surface area contributed by atoms with E-state index in [2.05, 4.69) is 5.32 Å². The smallest absolute Gasteiger partial charge is 0.265 e. The second kappa shape index (κ2) is 4.37. The van der Waals surface area contributed by atoms with Crippen molar-refractivity contribution in [3.8, 4) is 5.75 Å². The van der Waals surface area contributed by atoms with E-state index in [1.165, 1.54) is 11.3 Å². The molecule has 0 aliphatic rings. The normalized spacial score (nSPS) is 10.1. The first-order valence-electron chi connectivity index (χ1n) is 4.81. The molecular formula is C12H11NO2S. The van der Waals surface area contributed by atoms with Crippen LogP contribution >= 0.6 is 11.3 Å². The largest absolute Gasteiger partial charge is 0.506 e. The minimum Gasteiger partial charge on any atom is -0.506 e. The zero-order valence-corrected chi connectivity index (χ0v) is 9.54. The van der Waals surface area contributed by atoms with Crippen LogP contribution in [0.5, 0.6) is 5.75 Å². The van der Waals surface area contributed by atoms with E-state index in [4.69, 9.17) is 0 Å². The van der Waals surface area contributed by atoms with Crippen LogP contribution in [0.4, 0.5) is 5.69 Å². The van der Waals surface area contributed by atoms with Gasteiger partial charge in [-0.3, -0.25) is 4.79 Å². The van der Waals surface area contributed by atoms with E-state index in [1.807, 2.05) is 24.4 Å². The Bertz CT molecular complexity index is 506. The number of rotatable bonds is 2. The van der Waals surface area contributed by atoms with Crippen molar-refractivity contribution in [2.45, 2.75) is 6.92 Å². The van der Waals surface area contributed by atoms with Gasteiger partial charge in [0.05, 0.1) is 10.6 Å². The number of carbonyl (C=O) groups is 1. The fraction of sp³-hybridized carbons (Fsp3) is 0.0833. The second-order valence-corrected chi connectivity index (χ2v) is 4.40. The number of aromatic hydroxyl groups is 1.